The average molecular weight is 264 g/mol. The van der Waals surface area contributed by atoms with E-state index in [4.69, 9.17) is 4.74 Å². The first kappa shape index (κ1) is 12.7. The lowest BCUT2D eigenvalue weighted by Crippen LogP contribution is -2.12. The van der Waals surface area contributed by atoms with Gasteiger partial charge < -0.3 is 4.74 Å². The summed E-state index contributed by atoms with van der Waals surface area (Å²) in [6, 6.07) is 18.0. The van der Waals surface area contributed by atoms with Crippen molar-refractivity contribution in [3.8, 4) is 0 Å². The SMILES string of the molecule is CC(C)OC(=O)c1cc2ccccc2c2ccccc12. The Bertz CT molecular complexity index is 788. The lowest BCUT2D eigenvalue weighted by molar-refractivity contribution is 0.0380. The largest absolute Gasteiger partial charge is 0.459 e. The minimum Gasteiger partial charge on any atom is -0.459 e. The van der Waals surface area contributed by atoms with Gasteiger partial charge >= 0.3 is 5.97 Å². The third-order valence-electron chi connectivity index (χ3n) is 3.33. The van der Waals surface area contributed by atoms with Crippen LogP contribution in [-0.2, 0) is 4.74 Å². The summed E-state index contributed by atoms with van der Waals surface area (Å²) in [6.07, 6.45) is -0.118. The van der Waals surface area contributed by atoms with Crippen molar-refractivity contribution in [2.75, 3.05) is 0 Å². The predicted molar refractivity (Wildman–Crippen MR) is 82.0 cm³/mol. The maximum Gasteiger partial charge on any atom is 0.339 e. The number of rotatable bonds is 2. The minimum atomic E-state index is -0.262. The molecule has 3 aromatic carbocycles. The van der Waals surface area contributed by atoms with E-state index in [2.05, 4.69) is 6.07 Å². The molecule has 20 heavy (non-hydrogen) atoms. The molecule has 3 rings (SSSR count). The third kappa shape index (κ3) is 2.14. The molecule has 0 N–H and O–H groups in total. The van der Waals surface area contributed by atoms with Gasteiger partial charge in [-0.05, 0) is 41.5 Å². The van der Waals surface area contributed by atoms with Gasteiger partial charge in [0.05, 0.1) is 11.7 Å². The molecular weight excluding hydrogens is 248 g/mol. The van der Waals surface area contributed by atoms with Crippen molar-refractivity contribution in [3.63, 3.8) is 0 Å². The highest BCUT2D eigenvalue weighted by molar-refractivity contribution is 6.15. The van der Waals surface area contributed by atoms with Gasteiger partial charge in [0.25, 0.3) is 0 Å². The second-order valence-corrected chi connectivity index (χ2v) is 5.14. The Morgan fingerprint density at radius 2 is 1.50 bits per heavy atom. The minimum absolute atomic E-state index is 0.118. The quantitative estimate of drug-likeness (QED) is 0.501. The molecule has 0 unspecified atom stereocenters. The molecule has 0 amide bonds. The van der Waals surface area contributed by atoms with Crippen LogP contribution in [0.25, 0.3) is 21.5 Å². The second-order valence-electron chi connectivity index (χ2n) is 5.14. The standard InChI is InChI=1S/C18H16O2/c1-12(2)20-18(19)17-11-13-7-3-4-8-14(13)15-9-5-6-10-16(15)17/h3-12H,1-2H3. The second kappa shape index (κ2) is 4.97. The van der Waals surface area contributed by atoms with Gasteiger partial charge in [-0.2, -0.15) is 0 Å². The van der Waals surface area contributed by atoms with Crippen LogP contribution in [0.1, 0.15) is 24.2 Å². The normalized spacial score (nSPS) is 11.2. The van der Waals surface area contributed by atoms with Crippen LogP contribution < -0.4 is 0 Å². The van der Waals surface area contributed by atoms with Gasteiger partial charge in [-0.15, -0.1) is 0 Å². The van der Waals surface area contributed by atoms with E-state index in [-0.39, 0.29) is 12.1 Å². The summed E-state index contributed by atoms with van der Waals surface area (Å²) in [5.41, 5.74) is 0.632. The molecule has 0 spiro atoms. The zero-order valence-electron chi connectivity index (χ0n) is 11.6. The molecule has 0 radical (unpaired) electrons. The molecule has 3 aromatic rings. The molecule has 0 aliphatic rings. The first-order valence-corrected chi connectivity index (χ1v) is 6.78. The third-order valence-corrected chi connectivity index (χ3v) is 3.33. The number of carbonyl (C=O) groups is 1. The van der Waals surface area contributed by atoms with Gasteiger partial charge in [-0.3, -0.25) is 0 Å². The number of carbonyl (C=O) groups excluding carboxylic acids is 1. The topological polar surface area (TPSA) is 26.3 Å². The molecule has 0 fully saturated rings. The Morgan fingerprint density at radius 1 is 0.900 bits per heavy atom. The highest BCUT2D eigenvalue weighted by Crippen LogP contribution is 2.29. The van der Waals surface area contributed by atoms with Crippen molar-refractivity contribution in [1.29, 1.82) is 0 Å². The van der Waals surface area contributed by atoms with E-state index in [9.17, 15) is 4.79 Å². The zero-order chi connectivity index (χ0) is 14.1. The lowest BCUT2D eigenvalue weighted by atomic mass is 9.97. The van der Waals surface area contributed by atoms with Crippen LogP contribution in [0.2, 0.25) is 0 Å². The highest BCUT2D eigenvalue weighted by Gasteiger charge is 2.14. The number of esters is 1. The number of ether oxygens (including phenoxy) is 1. The first-order chi connectivity index (χ1) is 9.66. The fourth-order valence-electron chi connectivity index (χ4n) is 2.50. The van der Waals surface area contributed by atoms with E-state index in [1.165, 1.54) is 0 Å². The summed E-state index contributed by atoms with van der Waals surface area (Å²) in [5, 5.41) is 4.24. The van der Waals surface area contributed by atoms with Crippen LogP contribution in [0.5, 0.6) is 0 Å². The molecule has 0 aliphatic heterocycles. The Kier molecular flexibility index (Phi) is 3.15. The summed E-state index contributed by atoms with van der Waals surface area (Å²) >= 11 is 0. The fraction of sp³-hybridized carbons (Fsp3) is 0.167. The summed E-state index contributed by atoms with van der Waals surface area (Å²) in [7, 11) is 0. The van der Waals surface area contributed by atoms with Crippen LogP contribution >= 0.6 is 0 Å². The molecule has 100 valence electrons. The molecular formula is C18H16O2. The predicted octanol–water partition coefficient (Wildman–Crippen LogP) is 4.56. The van der Waals surface area contributed by atoms with Crippen molar-refractivity contribution in [2.24, 2.45) is 0 Å². The van der Waals surface area contributed by atoms with E-state index >= 15 is 0 Å². The maximum absolute atomic E-state index is 12.3. The smallest absolute Gasteiger partial charge is 0.339 e. The van der Waals surface area contributed by atoms with Gasteiger partial charge in [0.15, 0.2) is 0 Å². The molecule has 0 heterocycles. The molecule has 0 saturated carbocycles. The van der Waals surface area contributed by atoms with E-state index in [0.717, 1.165) is 21.5 Å². The van der Waals surface area contributed by atoms with Crippen LogP contribution in [-0.4, -0.2) is 12.1 Å². The average Bonchev–Trinajstić information content (AvgIpc) is 2.45. The van der Waals surface area contributed by atoms with Crippen LogP contribution in [0, 0.1) is 0 Å². The van der Waals surface area contributed by atoms with Gasteiger partial charge in [0, 0.05) is 0 Å². The van der Waals surface area contributed by atoms with Crippen molar-refractivity contribution in [1.82, 2.24) is 0 Å². The molecule has 0 saturated heterocycles. The van der Waals surface area contributed by atoms with Crippen molar-refractivity contribution >= 4 is 27.5 Å². The number of hydrogen-bond acceptors (Lipinski definition) is 2. The van der Waals surface area contributed by atoms with Crippen LogP contribution in [0.4, 0.5) is 0 Å². The monoisotopic (exact) mass is 264 g/mol. The molecule has 2 heteroatoms. The van der Waals surface area contributed by atoms with Crippen LogP contribution in [0.3, 0.4) is 0 Å². The fourth-order valence-corrected chi connectivity index (χ4v) is 2.50. The van der Waals surface area contributed by atoms with E-state index in [0.29, 0.717) is 5.56 Å². The Hall–Kier alpha value is -2.35. The van der Waals surface area contributed by atoms with Gasteiger partial charge in [-0.1, -0.05) is 48.5 Å². The van der Waals surface area contributed by atoms with Gasteiger partial charge in [0.1, 0.15) is 0 Å². The Morgan fingerprint density at radius 3 is 2.20 bits per heavy atom. The summed E-state index contributed by atoms with van der Waals surface area (Å²) in [6.45, 7) is 3.72. The van der Waals surface area contributed by atoms with Crippen molar-refractivity contribution < 1.29 is 9.53 Å². The number of hydrogen-bond donors (Lipinski definition) is 0. The molecule has 0 bridgehead atoms. The van der Waals surface area contributed by atoms with E-state index in [1.54, 1.807) is 0 Å². The zero-order valence-corrected chi connectivity index (χ0v) is 11.6. The summed E-state index contributed by atoms with van der Waals surface area (Å²) in [4.78, 5) is 12.3. The first-order valence-electron chi connectivity index (χ1n) is 6.78. The van der Waals surface area contributed by atoms with Crippen molar-refractivity contribution in [3.05, 3.63) is 60.2 Å². The molecule has 0 aliphatic carbocycles. The Balaban J connectivity index is 2.32. The number of benzene rings is 3. The van der Waals surface area contributed by atoms with Gasteiger partial charge in [0.2, 0.25) is 0 Å². The number of fused-ring (bicyclic) bond motifs is 3. The molecule has 2 nitrogen and oxygen atoms in total. The summed E-state index contributed by atoms with van der Waals surface area (Å²) in [5.74, 6) is -0.262. The molecule has 0 atom stereocenters. The Labute approximate surface area is 118 Å². The highest BCUT2D eigenvalue weighted by atomic mass is 16.5. The molecule has 0 aromatic heterocycles. The van der Waals surface area contributed by atoms with E-state index in [1.807, 2.05) is 62.4 Å². The lowest BCUT2D eigenvalue weighted by Gasteiger charge is -2.12. The van der Waals surface area contributed by atoms with Crippen LogP contribution in [0.15, 0.2) is 54.6 Å². The summed E-state index contributed by atoms with van der Waals surface area (Å²) < 4.78 is 5.35. The van der Waals surface area contributed by atoms with E-state index < -0.39 is 0 Å². The maximum atomic E-state index is 12.3. The van der Waals surface area contributed by atoms with Crippen molar-refractivity contribution in [2.45, 2.75) is 20.0 Å². The van der Waals surface area contributed by atoms with Gasteiger partial charge in [-0.25, -0.2) is 4.79 Å².